The van der Waals surface area contributed by atoms with Crippen molar-refractivity contribution in [2.75, 3.05) is 0 Å². The third kappa shape index (κ3) is 4.47. The zero-order valence-corrected chi connectivity index (χ0v) is 20.1. The summed E-state index contributed by atoms with van der Waals surface area (Å²) in [6, 6.07) is 5.75. The van der Waals surface area contributed by atoms with Gasteiger partial charge in [-0.2, -0.15) is 8.78 Å². The fourth-order valence-corrected chi connectivity index (χ4v) is 4.80. The van der Waals surface area contributed by atoms with E-state index in [1.165, 1.54) is 17.0 Å². The van der Waals surface area contributed by atoms with Crippen LogP contribution in [0.25, 0.3) is 0 Å². The molecule has 2 aromatic carbocycles. The standard InChI is InChI=1S/C22H21B3ClF2N3O4/c23-16-12(18(25)30-21(35)22(27,28)10-1-3-11(26)4-2-10)7-9-8-31(20(34)15(9)17(16)24)13-5-6-14(32)29-19(13)33/h1-4,7,13,18H,5-6,8,23-25H2,(H,30,35)(H,29,32,33). The van der Waals surface area contributed by atoms with Crippen LogP contribution < -0.4 is 21.6 Å². The molecule has 2 aliphatic heterocycles. The Labute approximate surface area is 208 Å². The monoisotopic (exact) mass is 497 g/mol. The summed E-state index contributed by atoms with van der Waals surface area (Å²) in [7, 11) is 5.10. The molecule has 178 valence electrons. The van der Waals surface area contributed by atoms with Crippen LogP contribution in [-0.2, 0) is 26.9 Å². The largest absolute Gasteiger partial charge is 0.352 e. The Morgan fingerprint density at radius 1 is 1.17 bits per heavy atom. The van der Waals surface area contributed by atoms with Crippen LogP contribution in [0.4, 0.5) is 8.78 Å². The number of piperidine rings is 1. The van der Waals surface area contributed by atoms with Gasteiger partial charge in [0.05, 0.1) is 0 Å². The molecular formula is C22H21B3ClF2N3O4. The second-order valence-corrected chi connectivity index (χ2v) is 9.36. The zero-order chi connectivity index (χ0) is 25.7. The third-order valence-electron chi connectivity index (χ3n) is 6.73. The van der Waals surface area contributed by atoms with Crippen molar-refractivity contribution in [2.45, 2.75) is 37.3 Å². The van der Waals surface area contributed by atoms with Gasteiger partial charge in [-0.1, -0.05) is 40.7 Å². The summed E-state index contributed by atoms with van der Waals surface area (Å²) >= 11 is 5.76. The lowest BCUT2D eigenvalue weighted by Crippen LogP contribution is -2.52. The highest BCUT2D eigenvalue weighted by Crippen LogP contribution is 2.31. The van der Waals surface area contributed by atoms with Gasteiger partial charge in [0.2, 0.25) is 11.8 Å². The van der Waals surface area contributed by atoms with Crippen LogP contribution in [-0.4, -0.2) is 58.1 Å². The molecular weight excluding hydrogens is 476 g/mol. The molecule has 0 saturated carbocycles. The van der Waals surface area contributed by atoms with Crippen molar-refractivity contribution in [2.24, 2.45) is 0 Å². The summed E-state index contributed by atoms with van der Waals surface area (Å²) in [6.45, 7) is 0.149. The normalized spacial score (nSPS) is 18.8. The average molecular weight is 497 g/mol. The number of benzene rings is 2. The van der Waals surface area contributed by atoms with Crippen molar-refractivity contribution in [3.63, 3.8) is 0 Å². The number of carbonyl (C=O) groups excluding carboxylic acids is 4. The smallest absolute Gasteiger partial charge is 0.349 e. The van der Waals surface area contributed by atoms with Crippen molar-refractivity contribution < 1.29 is 28.0 Å². The summed E-state index contributed by atoms with van der Waals surface area (Å²) < 4.78 is 29.5. The van der Waals surface area contributed by atoms with Crippen LogP contribution >= 0.6 is 11.6 Å². The topological polar surface area (TPSA) is 95.6 Å². The van der Waals surface area contributed by atoms with Gasteiger partial charge in [0.15, 0.2) is 0 Å². The number of nitrogens with zero attached hydrogens (tertiary/aromatic N) is 1. The minimum Gasteiger partial charge on any atom is -0.352 e. The summed E-state index contributed by atoms with van der Waals surface area (Å²) in [5.74, 6) is -7.19. The summed E-state index contributed by atoms with van der Waals surface area (Å²) in [5, 5.41) is 4.93. The van der Waals surface area contributed by atoms with E-state index in [9.17, 15) is 28.0 Å². The molecule has 7 nitrogen and oxygen atoms in total. The Bertz CT molecular complexity index is 1260. The van der Waals surface area contributed by atoms with Gasteiger partial charge in [-0.25, -0.2) is 0 Å². The van der Waals surface area contributed by atoms with E-state index in [0.29, 0.717) is 27.6 Å². The molecule has 35 heavy (non-hydrogen) atoms. The van der Waals surface area contributed by atoms with Crippen LogP contribution in [0.15, 0.2) is 30.3 Å². The van der Waals surface area contributed by atoms with E-state index in [4.69, 9.17) is 11.6 Å². The maximum atomic E-state index is 14.8. The molecule has 4 rings (SSSR count). The van der Waals surface area contributed by atoms with E-state index in [1.54, 1.807) is 29.6 Å². The van der Waals surface area contributed by atoms with Gasteiger partial charge in [0.1, 0.15) is 29.6 Å². The van der Waals surface area contributed by atoms with E-state index >= 15 is 0 Å². The minimum absolute atomic E-state index is 0.144. The molecule has 0 spiro atoms. The Balaban J connectivity index is 1.58. The zero-order valence-electron chi connectivity index (χ0n) is 19.4. The van der Waals surface area contributed by atoms with E-state index in [1.807, 2.05) is 0 Å². The predicted octanol–water partition coefficient (Wildman–Crippen LogP) is -1.84. The molecule has 13 heteroatoms. The van der Waals surface area contributed by atoms with Gasteiger partial charge in [-0.3, -0.25) is 24.5 Å². The maximum Gasteiger partial charge on any atom is 0.349 e. The highest BCUT2D eigenvalue weighted by molar-refractivity contribution is 6.52. The fraction of sp³-hybridized carbons (Fsp3) is 0.273. The Morgan fingerprint density at radius 2 is 1.83 bits per heavy atom. The van der Waals surface area contributed by atoms with Gasteiger partial charge >= 0.3 is 5.92 Å². The molecule has 4 amide bonds. The highest BCUT2D eigenvalue weighted by atomic mass is 35.5. The number of halogens is 3. The first-order chi connectivity index (χ1) is 16.4. The van der Waals surface area contributed by atoms with Gasteiger partial charge in [-0.05, 0) is 29.7 Å². The fourth-order valence-electron chi connectivity index (χ4n) is 4.67. The van der Waals surface area contributed by atoms with Crippen LogP contribution in [0.5, 0.6) is 0 Å². The molecule has 0 aliphatic carbocycles. The SMILES string of the molecule is Bc1c(C(B)NC(=O)C(F)(F)c2ccc(Cl)cc2)cc2c(c1B)C(=O)N(C1CCC(=O)NC1=O)C2. The molecule has 2 aromatic rings. The molecule has 1 fully saturated rings. The second kappa shape index (κ2) is 9.15. The summed E-state index contributed by atoms with van der Waals surface area (Å²) in [5.41, 5.74) is 2.57. The molecule has 2 atom stereocenters. The van der Waals surface area contributed by atoms with Gasteiger partial charge in [0, 0.05) is 35.1 Å². The number of alkyl halides is 2. The molecule has 2 aliphatic rings. The van der Waals surface area contributed by atoms with Crippen LogP contribution in [0.2, 0.25) is 5.02 Å². The highest BCUT2D eigenvalue weighted by Gasteiger charge is 2.43. The predicted molar refractivity (Wildman–Crippen MR) is 134 cm³/mol. The summed E-state index contributed by atoms with van der Waals surface area (Å²) in [4.78, 5) is 50.9. The van der Waals surface area contributed by atoms with Gasteiger partial charge < -0.3 is 10.2 Å². The lowest BCUT2D eigenvalue weighted by molar-refractivity contribution is -0.147. The van der Waals surface area contributed by atoms with Crippen LogP contribution in [0.3, 0.4) is 0 Å². The first kappa shape index (κ1) is 25.0. The molecule has 0 aromatic heterocycles. The number of carbonyl (C=O) groups is 4. The molecule has 2 N–H and O–H groups in total. The number of imide groups is 1. The number of hydrogen-bond acceptors (Lipinski definition) is 4. The lowest BCUT2D eigenvalue weighted by Gasteiger charge is -2.29. The van der Waals surface area contributed by atoms with Crippen molar-refractivity contribution in [3.8, 4) is 0 Å². The molecule has 0 radical (unpaired) electrons. The van der Waals surface area contributed by atoms with Crippen molar-refractivity contribution >= 4 is 69.7 Å². The van der Waals surface area contributed by atoms with E-state index in [2.05, 4.69) is 10.6 Å². The molecule has 2 unspecified atom stereocenters. The Morgan fingerprint density at radius 3 is 2.46 bits per heavy atom. The Hall–Kier alpha value is -3.14. The summed E-state index contributed by atoms with van der Waals surface area (Å²) in [6.07, 6.45) is 0.381. The maximum absolute atomic E-state index is 14.8. The quantitative estimate of drug-likeness (QED) is 0.375. The molecule has 0 bridgehead atoms. The van der Waals surface area contributed by atoms with Crippen LogP contribution in [0, 0.1) is 0 Å². The number of amides is 4. The van der Waals surface area contributed by atoms with E-state index in [0.717, 1.165) is 12.1 Å². The van der Waals surface area contributed by atoms with Gasteiger partial charge in [-0.15, -0.1) is 0 Å². The Kier molecular flexibility index (Phi) is 6.53. The number of nitrogens with one attached hydrogen (secondary N) is 2. The third-order valence-corrected chi connectivity index (χ3v) is 6.98. The van der Waals surface area contributed by atoms with Crippen molar-refractivity contribution in [3.05, 3.63) is 57.6 Å². The van der Waals surface area contributed by atoms with Crippen molar-refractivity contribution in [1.82, 2.24) is 15.5 Å². The number of hydrogen-bond donors (Lipinski definition) is 2. The minimum atomic E-state index is -3.77. The molecule has 1 saturated heterocycles. The first-order valence-electron chi connectivity index (χ1n) is 11.1. The second-order valence-electron chi connectivity index (χ2n) is 8.93. The van der Waals surface area contributed by atoms with Gasteiger partial charge in [0.25, 0.3) is 11.8 Å². The number of fused-ring (bicyclic) bond motifs is 1. The van der Waals surface area contributed by atoms with E-state index in [-0.39, 0.29) is 36.2 Å². The van der Waals surface area contributed by atoms with Crippen LogP contribution in [0.1, 0.15) is 45.8 Å². The van der Waals surface area contributed by atoms with E-state index < -0.39 is 35.3 Å². The average Bonchev–Trinajstić information content (AvgIpc) is 3.12. The number of rotatable bonds is 5. The molecule has 2 heterocycles. The van der Waals surface area contributed by atoms with Crippen molar-refractivity contribution in [1.29, 1.82) is 0 Å². The lowest BCUT2D eigenvalue weighted by atomic mass is 9.70. The first-order valence-corrected chi connectivity index (χ1v) is 11.5.